The van der Waals surface area contributed by atoms with Gasteiger partial charge in [-0.2, -0.15) is 0 Å². The lowest BCUT2D eigenvalue weighted by Gasteiger charge is -1.94. The van der Waals surface area contributed by atoms with E-state index < -0.39 is 0 Å². The van der Waals surface area contributed by atoms with Gasteiger partial charge < -0.3 is 5.32 Å². The third-order valence-electron chi connectivity index (χ3n) is 0.953. The molecule has 0 heterocycles. The summed E-state index contributed by atoms with van der Waals surface area (Å²) in [6.07, 6.45) is 3.25. The van der Waals surface area contributed by atoms with Crippen LogP contribution in [-0.2, 0) is 4.79 Å². The van der Waals surface area contributed by atoms with Gasteiger partial charge in [-0.15, -0.1) is 0 Å². The number of rotatable bonds is 2. The number of hydrogen-bond acceptors (Lipinski definition) is 1. The maximum atomic E-state index is 10.7. The number of allylic oxidation sites excluding steroid dienone is 2. The molecule has 2 nitrogen and oxygen atoms in total. The normalized spacial score (nSPS) is 10.7. The minimum absolute atomic E-state index is 0.0603. The standard InChI is InChI=1S/C7H11NO/c1-4-5-6(2)7(9)8-3/h4-5H,1H2,2-3H3,(H,8,9)/b6-5+. The average molecular weight is 125 g/mol. The molecule has 0 aliphatic heterocycles. The summed E-state index contributed by atoms with van der Waals surface area (Å²) in [4.78, 5) is 10.7. The first kappa shape index (κ1) is 7.95. The van der Waals surface area contributed by atoms with Crippen LogP contribution in [0.2, 0.25) is 0 Å². The van der Waals surface area contributed by atoms with Gasteiger partial charge in [0, 0.05) is 12.6 Å². The van der Waals surface area contributed by atoms with E-state index in [9.17, 15) is 4.79 Å². The highest BCUT2D eigenvalue weighted by molar-refractivity contribution is 5.92. The zero-order valence-electron chi connectivity index (χ0n) is 5.77. The maximum absolute atomic E-state index is 10.7. The molecule has 1 N–H and O–H groups in total. The topological polar surface area (TPSA) is 29.1 Å². The van der Waals surface area contributed by atoms with Gasteiger partial charge in [-0.1, -0.05) is 18.7 Å². The van der Waals surface area contributed by atoms with Gasteiger partial charge in [0.2, 0.25) is 5.91 Å². The highest BCUT2D eigenvalue weighted by Crippen LogP contribution is 1.90. The molecule has 50 valence electrons. The SMILES string of the molecule is C=C/C=C(\C)C(=O)NC. The second-order valence-corrected chi connectivity index (χ2v) is 1.66. The molecular formula is C7H11NO. The van der Waals surface area contributed by atoms with E-state index in [0.29, 0.717) is 5.57 Å². The van der Waals surface area contributed by atoms with Gasteiger partial charge in [-0.05, 0) is 6.92 Å². The smallest absolute Gasteiger partial charge is 0.246 e. The van der Waals surface area contributed by atoms with Gasteiger partial charge in [0.05, 0.1) is 0 Å². The van der Waals surface area contributed by atoms with Crippen molar-refractivity contribution in [3.63, 3.8) is 0 Å². The Kier molecular flexibility index (Phi) is 3.44. The Labute approximate surface area is 55.3 Å². The number of carbonyl (C=O) groups excluding carboxylic acids is 1. The van der Waals surface area contributed by atoms with Crippen molar-refractivity contribution in [2.24, 2.45) is 0 Å². The molecule has 0 saturated carbocycles. The van der Waals surface area contributed by atoms with E-state index in [0.717, 1.165) is 0 Å². The van der Waals surface area contributed by atoms with Crippen molar-refractivity contribution in [3.8, 4) is 0 Å². The summed E-state index contributed by atoms with van der Waals surface area (Å²) in [5.74, 6) is -0.0603. The zero-order valence-corrected chi connectivity index (χ0v) is 5.77. The van der Waals surface area contributed by atoms with Crippen molar-refractivity contribution >= 4 is 5.91 Å². The van der Waals surface area contributed by atoms with Crippen LogP contribution in [0, 0.1) is 0 Å². The van der Waals surface area contributed by atoms with Crippen molar-refractivity contribution in [3.05, 3.63) is 24.3 Å². The molecule has 0 aliphatic rings. The van der Waals surface area contributed by atoms with Crippen LogP contribution in [0.5, 0.6) is 0 Å². The second kappa shape index (κ2) is 3.89. The third kappa shape index (κ3) is 2.69. The Bertz CT molecular complexity index is 147. The zero-order chi connectivity index (χ0) is 7.28. The molecule has 0 aliphatic carbocycles. The van der Waals surface area contributed by atoms with Crippen molar-refractivity contribution in [1.29, 1.82) is 0 Å². The fourth-order valence-electron chi connectivity index (χ4n) is 0.450. The fourth-order valence-corrected chi connectivity index (χ4v) is 0.450. The fraction of sp³-hybridized carbons (Fsp3) is 0.286. The monoisotopic (exact) mass is 125 g/mol. The number of amides is 1. The molecule has 0 rings (SSSR count). The predicted molar refractivity (Wildman–Crippen MR) is 38.0 cm³/mol. The highest BCUT2D eigenvalue weighted by atomic mass is 16.1. The molecule has 0 atom stereocenters. The largest absolute Gasteiger partial charge is 0.355 e. The van der Waals surface area contributed by atoms with Gasteiger partial charge in [-0.3, -0.25) is 4.79 Å². The predicted octanol–water partition coefficient (Wildman–Crippen LogP) is 0.865. The summed E-state index contributed by atoms with van der Waals surface area (Å²) in [6, 6.07) is 0. The number of nitrogens with one attached hydrogen (secondary N) is 1. The summed E-state index contributed by atoms with van der Waals surface area (Å²) < 4.78 is 0. The van der Waals surface area contributed by atoms with Gasteiger partial charge >= 0.3 is 0 Å². The molecule has 0 aromatic carbocycles. The van der Waals surface area contributed by atoms with E-state index in [1.807, 2.05) is 0 Å². The van der Waals surface area contributed by atoms with E-state index in [1.165, 1.54) is 0 Å². The summed E-state index contributed by atoms with van der Waals surface area (Å²) in [7, 11) is 1.60. The second-order valence-electron chi connectivity index (χ2n) is 1.66. The van der Waals surface area contributed by atoms with Crippen molar-refractivity contribution in [1.82, 2.24) is 5.32 Å². The van der Waals surface area contributed by atoms with Crippen LogP contribution in [0.25, 0.3) is 0 Å². The Morgan fingerprint density at radius 3 is 2.56 bits per heavy atom. The molecular weight excluding hydrogens is 114 g/mol. The minimum atomic E-state index is -0.0603. The minimum Gasteiger partial charge on any atom is -0.355 e. The Morgan fingerprint density at radius 2 is 2.22 bits per heavy atom. The maximum Gasteiger partial charge on any atom is 0.246 e. The van der Waals surface area contributed by atoms with E-state index in [4.69, 9.17) is 0 Å². The van der Waals surface area contributed by atoms with Crippen LogP contribution >= 0.6 is 0 Å². The van der Waals surface area contributed by atoms with Crippen LogP contribution in [0.15, 0.2) is 24.3 Å². The summed E-state index contributed by atoms with van der Waals surface area (Å²) >= 11 is 0. The quantitative estimate of drug-likeness (QED) is 0.430. The number of likely N-dealkylation sites (N-methyl/N-ethyl adjacent to an activating group) is 1. The van der Waals surface area contributed by atoms with Crippen LogP contribution in [0.3, 0.4) is 0 Å². The summed E-state index contributed by atoms with van der Waals surface area (Å²) in [5.41, 5.74) is 0.674. The average Bonchev–Trinajstić information content (AvgIpc) is 1.87. The van der Waals surface area contributed by atoms with Crippen LogP contribution in [0.1, 0.15) is 6.92 Å². The first-order valence-corrected chi connectivity index (χ1v) is 2.73. The molecule has 0 saturated heterocycles. The molecule has 0 fully saturated rings. The van der Waals surface area contributed by atoms with E-state index in [-0.39, 0.29) is 5.91 Å². The lowest BCUT2D eigenvalue weighted by atomic mass is 10.2. The molecule has 1 amide bonds. The Balaban J connectivity index is 4.01. The molecule has 0 bridgehead atoms. The van der Waals surface area contributed by atoms with Crippen LogP contribution in [0.4, 0.5) is 0 Å². The van der Waals surface area contributed by atoms with Gasteiger partial charge in [0.1, 0.15) is 0 Å². The Morgan fingerprint density at radius 1 is 1.67 bits per heavy atom. The molecule has 0 radical (unpaired) electrons. The molecule has 2 heteroatoms. The number of carbonyl (C=O) groups is 1. The van der Waals surface area contributed by atoms with Crippen molar-refractivity contribution < 1.29 is 4.79 Å². The first-order valence-electron chi connectivity index (χ1n) is 2.73. The lowest BCUT2D eigenvalue weighted by molar-refractivity contribution is -0.116. The van der Waals surface area contributed by atoms with E-state index >= 15 is 0 Å². The highest BCUT2D eigenvalue weighted by Gasteiger charge is 1.95. The van der Waals surface area contributed by atoms with E-state index in [2.05, 4.69) is 11.9 Å². The lowest BCUT2D eigenvalue weighted by Crippen LogP contribution is -2.18. The van der Waals surface area contributed by atoms with E-state index in [1.54, 1.807) is 26.1 Å². The van der Waals surface area contributed by atoms with Crippen LogP contribution < -0.4 is 5.32 Å². The number of hydrogen-bond donors (Lipinski definition) is 1. The molecule has 0 aromatic rings. The molecule has 9 heavy (non-hydrogen) atoms. The van der Waals surface area contributed by atoms with Gasteiger partial charge in [-0.25, -0.2) is 0 Å². The van der Waals surface area contributed by atoms with Crippen LogP contribution in [-0.4, -0.2) is 13.0 Å². The Hall–Kier alpha value is -1.05. The first-order chi connectivity index (χ1) is 4.22. The van der Waals surface area contributed by atoms with Gasteiger partial charge in [0.15, 0.2) is 0 Å². The molecule has 0 aromatic heterocycles. The summed E-state index contributed by atoms with van der Waals surface area (Å²) in [6.45, 7) is 5.20. The summed E-state index contributed by atoms with van der Waals surface area (Å²) in [5, 5.41) is 2.49. The van der Waals surface area contributed by atoms with Gasteiger partial charge in [0.25, 0.3) is 0 Å². The van der Waals surface area contributed by atoms with Crippen molar-refractivity contribution in [2.45, 2.75) is 6.92 Å². The van der Waals surface area contributed by atoms with Crippen molar-refractivity contribution in [2.75, 3.05) is 7.05 Å². The third-order valence-corrected chi connectivity index (χ3v) is 0.953. The molecule has 0 spiro atoms. The molecule has 0 unspecified atom stereocenters.